The van der Waals surface area contributed by atoms with Gasteiger partial charge in [-0.05, 0) is 51.3 Å². The Labute approximate surface area is 106 Å². The molecule has 0 saturated heterocycles. The van der Waals surface area contributed by atoms with Crippen molar-refractivity contribution in [3.8, 4) is 0 Å². The molecule has 1 saturated carbocycles. The van der Waals surface area contributed by atoms with Crippen molar-refractivity contribution in [2.24, 2.45) is 0 Å². The number of amides is 1. The molecule has 1 N–H and O–H groups in total. The number of carbonyl (C=O) groups is 1. The number of nitrogens with zero attached hydrogens (tertiary/aromatic N) is 1. The van der Waals surface area contributed by atoms with Gasteiger partial charge in [-0.3, -0.25) is 4.79 Å². The summed E-state index contributed by atoms with van der Waals surface area (Å²) in [5.41, 5.74) is 1.12. The van der Waals surface area contributed by atoms with Gasteiger partial charge in [-0.15, -0.1) is 0 Å². The van der Waals surface area contributed by atoms with E-state index in [1.807, 2.05) is 0 Å². The molecule has 96 valence electrons. The molecular weight excluding hydrogens is 231 g/mol. The van der Waals surface area contributed by atoms with Gasteiger partial charge >= 0.3 is 0 Å². The van der Waals surface area contributed by atoms with Gasteiger partial charge in [0.15, 0.2) is 0 Å². The third-order valence-electron chi connectivity index (χ3n) is 4.05. The normalized spacial score (nSPS) is 20.7. The minimum atomic E-state index is -0.404. The Balaban J connectivity index is 2.14. The topological polar surface area (TPSA) is 32.3 Å². The van der Waals surface area contributed by atoms with E-state index < -0.39 is 5.54 Å². The molecule has 0 unspecified atom stereocenters. The molecule has 1 fully saturated rings. The van der Waals surface area contributed by atoms with Gasteiger partial charge in [0, 0.05) is 6.04 Å². The second-order valence-electron chi connectivity index (χ2n) is 5.46. The molecule has 1 amide bonds. The highest BCUT2D eigenvalue weighted by atomic mass is 19.1. The Morgan fingerprint density at radius 1 is 1.39 bits per heavy atom. The van der Waals surface area contributed by atoms with Crippen LogP contribution >= 0.6 is 0 Å². The first-order valence-electron chi connectivity index (χ1n) is 6.45. The predicted molar refractivity (Wildman–Crippen MR) is 69.2 cm³/mol. The lowest BCUT2D eigenvalue weighted by Crippen LogP contribution is -2.65. The largest absolute Gasteiger partial charge is 0.353 e. The maximum absolute atomic E-state index is 13.3. The average Bonchev–Trinajstić information content (AvgIpc) is 2.24. The molecule has 0 aromatic heterocycles. The molecule has 0 radical (unpaired) electrons. The Kier molecular flexibility index (Phi) is 2.37. The maximum Gasteiger partial charge on any atom is 0.250 e. The van der Waals surface area contributed by atoms with Crippen LogP contribution in [-0.4, -0.2) is 17.5 Å². The first-order valence-corrected chi connectivity index (χ1v) is 6.45. The summed E-state index contributed by atoms with van der Waals surface area (Å²) >= 11 is 0. The number of halogens is 1. The van der Waals surface area contributed by atoms with Crippen LogP contribution in [0.3, 0.4) is 0 Å². The van der Waals surface area contributed by atoms with Crippen LogP contribution in [0.4, 0.5) is 15.8 Å². The summed E-state index contributed by atoms with van der Waals surface area (Å²) in [6, 6.07) is 4.84. The second-order valence-corrected chi connectivity index (χ2v) is 5.46. The molecule has 0 bridgehead atoms. The van der Waals surface area contributed by atoms with E-state index in [2.05, 4.69) is 24.1 Å². The third kappa shape index (κ3) is 1.38. The van der Waals surface area contributed by atoms with Crippen molar-refractivity contribution in [2.45, 2.75) is 44.7 Å². The molecule has 1 aliphatic heterocycles. The third-order valence-corrected chi connectivity index (χ3v) is 4.05. The van der Waals surface area contributed by atoms with Crippen molar-refractivity contribution < 1.29 is 9.18 Å². The first-order chi connectivity index (χ1) is 8.54. The number of hydrogen-bond donors (Lipinski definition) is 1. The zero-order chi connectivity index (χ0) is 12.9. The zero-order valence-corrected chi connectivity index (χ0v) is 10.7. The van der Waals surface area contributed by atoms with Gasteiger partial charge in [-0.1, -0.05) is 0 Å². The summed E-state index contributed by atoms with van der Waals surface area (Å²) in [4.78, 5) is 14.5. The van der Waals surface area contributed by atoms with E-state index in [1.54, 1.807) is 6.07 Å². The molecule has 1 spiro atoms. The maximum atomic E-state index is 13.3. The Morgan fingerprint density at radius 2 is 2.11 bits per heavy atom. The van der Waals surface area contributed by atoms with Crippen LogP contribution in [0.25, 0.3) is 0 Å². The van der Waals surface area contributed by atoms with Crippen LogP contribution in [0.15, 0.2) is 18.2 Å². The van der Waals surface area contributed by atoms with Gasteiger partial charge in [0.2, 0.25) is 5.91 Å². The summed E-state index contributed by atoms with van der Waals surface area (Å²) in [6.07, 6.45) is 2.84. The van der Waals surface area contributed by atoms with Gasteiger partial charge in [0.05, 0.1) is 11.4 Å². The number of hydrogen-bond acceptors (Lipinski definition) is 2. The standard InChI is InChI=1S/C14H17FN2O/c1-9(2)17-12-5-4-10(15)8-11(12)16-13(18)14(17)6-3-7-14/h4-5,8-9H,3,6-7H2,1-2H3,(H,16,18). The van der Waals surface area contributed by atoms with Crippen LogP contribution in [0, 0.1) is 5.82 Å². The van der Waals surface area contributed by atoms with Gasteiger partial charge in [0.1, 0.15) is 11.4 Å². The van der Waals surface area contributed by atoms with E-state index in [0.717, 1.165) is 24.9 Å². The lowest BCUT2D eigenvalue weighted by Gasteiger charge is -2.54. The summed E-state index contributed by atoms with van der Waals surface area (Å²) in [5, 5.41) is 2.86. The molecule has 1 heterocycles. The molecule has 4 heteroatoms. The van der Waals surface area contributed by atoms with E-state index in [0.29, 0.717) is 5.69 Å². The minimum absolute atomic E-state index is 0.0144. The van der Waals surface area contributed by atoms with Crippen molar-refractivity contribution in [1.82, 2.24) is 0 Å². The molecular formula is C14H17FN2O. The zero-order valence-electron chi connectivity index (χ0n) is 10.7. The predicted octanol–water partition coefficient (Wildman–Crippen LogP) is 2.92. The molecule has 1 aliphatic carbocycles. The fraction of sp³-hybridized carbons (Fsp3) is 0.500. The molecule has 3 nitrogen and oxygen atoms in total. The molecule has 1 aromatic rings. The highest BCUT2D eigenvalue weighted by Crippen LogP contribution is 2.47. The molecule has 0 atom stereocenters. The second kappa shape index (κ2) is 3.70. The van der Waals surface area contributed by atoms with E-state index in [-0.39, 0.29) is 17.8 Å². The minimum Gasteiger partial charge on any atom is -0.353 e. The SMILES string of the molecule is CC(C)N1c2ccc(F)cc2NC(=O)C12CCC2. The number of rotatable bonds is 1. The summed E-state index contributed by atoms with van der Waals surface area (Å²) < 4.78 is 13.3. The van der Waals surface area contributed by atoms with Gasteiger partial charge in [-0.25, -0.2) is 4.39 Å². The lowest BCUT2D eigenvalue weighted by atomic mass is 9.72. The van der Waals surface area contributed by atoms with Crippen molar-refractivity contribution in [2.75, 3.05) is 10.2 Å². The van der Waals surface area contributed by atoms with E-state index in [4.69, 9.17) is 0 Å². The molecule has 1 aromatic carbocycles. The van der Waals surface area contributed by atoms with E-state index in [1.165, 1.54) is 12.1 Å². The van der Waals surface area contributed by atoms with Crippen LogP contribution in [0.2, 0.25) is 0 Å². The fourth-order valence-corrected chi connectivity index (χ4v) is 3.15. The fourth-order valence-electron chi connectivity index (χ4n) is 3.15. The van der Waals surface area contributed by atoms with Crippen LogP contribution < -0.4 is 10.2 Å². The number of benzene rings is 1. The Hall–Kier alpha value is -1.58. The van der Waals surface area contributed by atoms with Gasteiger partial charge in [-0.2, -0.15) is 0 Å². The number of fused-ring (bicyclic) bond motifs is 1. The molecule has 2 aliphatic rings. The number of carbonyl (C=O) groups excluding carboxylic acids is 1. The van der Waals surface area contributed by atoms with Crippen molar-refractivity contribution >= 4 is 17.3 Å². The van der Waals surface area contributed by atoms with Crippen LogP contribution in [0.1, 0.15) is 33.1 Å². The van der Waals surface area contributed by atoms with Crippen molar-refractivity contribution in [3.63, 3.8) is 0 Å². The molecule has 18 heavy (non-hydrogen) atoms. The monoisotopic (exact) mass is 248 g/mol. The number of anilines is 2. The summed E-state index contributed by atoms with van der Waals surface area (Å²) in [7, 11) is 0. The smallest absolute Gasteiger partial charge is 0.250 e. The highest BCUT2D eigenvalue weighted by Gasteiger charge is 2.52. The summed E-state index contributed by atoms with van der Waals surface area (Å²) in [6.45, 7) is 4.15. The van der Waals surface area contributed by atoms with Crippen LogP contribution in [0.5, 0.6) is 0 Å². The van der Waals surface area contributed by atoms with Crippen molar-refractivity contribution in [1.29, 1.82) is 0 Å². The molecule has 3 rings (SSSR count). The van der Waals surface area contributed by atoms with E-state index in [9.17, 15) is 9.18 Å². The number of nitrogens with one attached hydrogen (secondary N) is 1. The first kappa shape index (κ1) is 11.5. The van der Waals surface area contributed by atoms with Gasteiger partial charge in [0.25, 0.3) is 0 Å². The van der Waals surface area contributed by atoms with E-state index >= 15 is 0 Å². The Morgan fingerprint density at radius 3 is 2.67 bits per heavy atom. The van der Waals surface area contributed by atoms with Crippen molar-refractivity contribution in [3.05, 3.63) is 24.0 Å². The quantitative estimate of drug-likeness (QED) is 0.828. The summed E-state index contributed by atoms with van der Waals surface area (Å²) in [5.74, 6) is -0.303. The van der Waals surface area contributed by atoms with Gasteiger partial charge < -0.3 is 10.2 Å². The lowest BCUT2D eigenvalue weighted by molar-refractivity contribution is -0.124. The average molecular weight is 248 g/mol. The highest BCUT2D eigenvalue weighted by molar-refractivity contribution is 6.07. The Bertz CT molecular complexity index is 509. The van der Waals surface area contributed by atoms with Crippen LogP contribution in [-0.2, 0) is 4.79 Å².